The third kappa shape index (κ3) is 2.53. The van der Waals surface area contributed by atoms with Gasteiger partial charge in [0, 0.05) is 0 Å². The van der Waals surface area contributed by atoms with Gasteiger partial charge in [0.2, 0.25) is 5.13 Å². The highest BCUT2D eigenvalue weighted by Gasteiger charge is 1.91. The topological polar surface area (TPSA) is 37.8 Å². The van der Waals surface area contributed by atoms with Crippen molar-refractivity contribution in [3.8, 4) is 0 Å². The molecule has 5 heteroatoms. The third-order valence-corrected chi connectivity index (χ3v) is 2.30. The first-order valence-corrected chi connectivity index (χ1v) is 5.04. The lowest BCUT2D eigenvalue weighted by Crippen LogP contribution is -1.96. The largest absolute Gasteiger partial charge is 0.351 e. The van der Waals surface area contributed by atoms with Gasteiger partial charge in [-0.1, -0.05) is 18.3 Å². The zero-order valence-corrected chi connectivity index (χ0v) is 7.34. The molecule has 0 aliphatic carbocycles. The van der Waals surface area contributed by atoms with E-state index in [9.17, 15) is 0 Å². The highest BCUT2D eigenvalue weighted by Crippen LogP contribution is 2.09. The average molecular weight is 175 g/mol. The molecule has 0 amide bonds. The summed E-state index contributed by atoms with van der Waals surface area (Å²) in [6.45, 7) is 2.13. The normalized spacial score (nSPS) is 9.70. The van der Waals surface area contributed by atoms with E-state index in [4.69, 9.17) is 0 Å². The van der Waals surface area contributed by atoms with Gasteiger partial charge in [-0.15, -0.1) is 22.0 Å². The van der Waals surface area contributed by atoms with E-state index < -0.39 is 0 Å². The molecule has 0 unspecified atom stereocenters. The molecule has 0 radical (unpaired) electrons. The Morgan fingerprint density at radius 3 is 3.30 bits per heavy atom. The highest BCUT2D eigenvalue weighted by molar-refractivity contribution is 7.99. The summed E-state index contributed by atoms with van der Waals surface area (Å²) in [7, 11) is 0. The summed E-state index contributed by atoms with van der Waals surface area (Å²) in [6.07, 6.45) is 0. The second-order valence-electron chi connectivity index (χ2n) is 1.56. The fourth-order valence-corrected chi connectivity index (χ4v) is 1.44. The van der Waals surface area contributed by atoms with Gasteiger partial charge in [0.25, 0.3) is 0 Å². The molecule has 0 bridgehead atoms. The molecule has 1 N–H and O–H groups in total. The minimum atomic E-state index is 0.904. The maximum absolute atomic E-state index is 3.83. The van der Waals surface area contributed by atoms with Crippen LogP contribution in [0, 0.1) is 0 Å². The molecule has 0 atom stereocenters. The van der Waals surface area contributed by atoms with Crippen molar-refractivity contribution in [2.24, 2.45) is 0 Å². The van der Waals surface area contributed by atoms with Crippen LogP contribution in [0.2, 0.25) is 0 Å². The van der Waals surface area contributed by atoms with E-state index in [-0.39, 0.29) is 0 Å². The molecule has 0 aliphatic rings. The molecule has 0 saturated carbocycles. The summed E-state index contributed by atoms with van der Waals surface area (Å²) in [5.41, 5.74) is 1.72. The summed E-state index contributed by atoms with van der Waals surface area (Å²) >= 11 is 3.36. The maximum Gasteiger partial charge on any atom is 0.206 e. The highest BCUT2D eigenvalue weighted by atomic mass is 32.2. The molecule has 0 fully saturated rings. The predicted octanol–water partition coefficient (Wildman–Crippen LogP) is 1.66. The number of rotatable bonds is 4. The lowest BCUT2D eigenvalue weighted by Gasteiger charge is -1.97. The van der Waals surface area contributed by atoms with E-state index in [0.717, 1.165) is 16.8 Å². The van der Waals surface area contributed by atoms with Gasteiger partial charge in [-0.25, -0.2) is 0 Å². The van der Waals surface area contributed by atoms with Crippen LogP contribution < -0.4 is 5.32 Å². The Hall–Kier alpha value is -0.290. The molecule has 1 heterocycles. The molecule has 56 valence electrons. The number of nitrogens with one attached hydrogen (secondary N) is 1. The van der Waals surface area contributed by atoms with E-state index in [2.05, 4.69) is 22.4 Å². The van der Waals surface area contributed by atoms with Crippen LogP contribution in [0.5, 0.6) is 0 Å². The van der Waals surface area contributed by atoms with Crippen molar-refractivity contribution in [1.82, 2.24) is 10.2 Å². The molecule has 3 nitrogen and oxygen atoms in total. The van der Waals surface area contributed by atoms with Crippen LogP contribution in [-0.4, -0.2) is 21.8 Å². The summed E-state index contributed by atoms with van der Waals surface area (Å²) < 4.78 is 0. The van der Waals surface area contributed by atoms with Gasteiger partial charge >= 0.3 is 0 Å². The standard InChI is InChI=1S/C5H9N3S2/c1-2-9-3-6-5-8-7-4-10-5/h4H,2-3H2,1H3,(H,6,8). The van der Waals surface area contributed by atoms with Gasteiger partial charge in [-0.2, -0.15) is 0 Å². The summed E-state index contributed by atoms with van der Waals surface area (Å²) in [5.74, 6) is 2.05. The van der Waals surface area contributed by atoms with Crippen LogP contribution in [0.1, 0.15) is 6.92 Å². The first-order chi connectivity index (χ1) is 4.93. The SMILES string of the molecule is CCSCNc1nncs1. The molecule has 1 aromatic rings. The van der Waals surface area contributed by atoms with Crippen molar-refractivity contribution in [3.63, 3.8) is 0 Å². The lowest BCUT2D eigenvalue weighted by atomic mass is 11.0. The predicted molar refractivity (Wildman–Crippen MR) is 46.5 cm³/mol. The van der Waals surface area contributed by atoms with E-state index in [0.29, 0.717) is 0 Å². The smallest absolute Gasteiger partial charge is 0.206 e. The van der Waals surface area contributed by atoms with Crippen LogP contribution in [0.25, 0.3) is 0 Å². The molecule has 0 spiro atoms. The number of hydrogen-bond donors (Lipinski definition) is 1. The molecule has 1 aromatic heterocycles. The quantitative estimate of drug-likeness (QED) is 0.558. The monoisotopic (exact) mass is 175 g/mol. The van der Waals surface area contributed by atoms with E-state index >= 15 is 0 Å². The second kappa shape index (κ2) is 4.51. The molecule has 0 aromatic carbocycles. The van der Waals surface area contributed by atoms with Gasteiger partial charge in [0.05, 0.1) is 5.88 Å². The van der Waals surface area contributed by atoms with Gasteiger partial charge in [0.15, 0.2) is 0 Å². The number of hydrogen-bond acceptors (Lipinski definition) is 5. The van der Waals surface area contributed by atoms with Crippen LogP contribution >= 0.6 is 23.1 Å². The van der Waals surface area contributed by atoms with Gasteiger partial charge in [-0.3, -0.25) is 0 Å². The fraction of sp³-hybridized carbons (Fsp3) is 0.600. The summed E-state index contributed by atoms with van der Waals surface area (Å²) in [6, 6.07) is 0. The molecule has 0 saturated heterocycles. The Morgan fingerprint density at radius 2 is 2.70 bits per heavy atom. The van der Waals surface area contributed by atoms with Crippen molar-refractivity contribution in [3.05, 3.63) is 5.51 Å². The third-order valence-electron chi connectivity index (χ3n) is 0.890. The number of nitrogens with zero attached hydrogens (tertiary/aromatic N) is 2. The van der Waals surface area contributed by atoms with Gasteiger partial charge in [-0.05, 0) is 5.75 Å². The zero-order valence-electron chi connectivity index (χ0n) is 5.70. The Labute approximate surface area is 68.2 Å². The van der Waals surface area contributed by atoms with Crippen LogP contribution in [0.4, 0.5) is 5.13 Å². The molecule has 0 aliphatic heterocycles. The first-order valence-electron chi connectivity index (χ1n) is 3.01. The van der Waals surface area contributed by atoms with Crippen LogP contribution in [0.3, 0.4) is 0 Å². The Balaban J connectivity index is 2.15. The molecular weight excluding hydrogens is 166 g/mol. The molecular formula is C5H9N3S2. The van der Waals surface area contributed by atoms with Crippen molar-refractivity contribution >= 4 is 28.2 Å². The van der Waals surface area contributed by atoms with E-state index in [1.54, 1.807) is 5.51 Å². The average Bonchev–Trinajstić information content (AvgIpc) is 2.41. The van der Waals surface area contributed by atoms with Crippen molar-refractivity contribution in [2.45, 2.75) is 6.92 Å². The Morgan fingerprint density at radius 1 is 1.80 bits per heavy atom. The molecule has 10 heavy (non-hydrogen) atoms. The zero-order chi connectivity index (χ0) is 7.23. The Bertz CT molecular complexity index is 163. The van der Waals surface area contributed by atoms with Crippen LogP contribution in [-0.2, 0) is 0 Å². The number of anilines is 1. The first kappa shape index (κ1) is 7.81. The number of thioether (sulfide) groups is 1. The minimum Gasteiger partial charge on any atom is -0.351 e. The minimum absolute atomic E-state index is 0.904. The van der Waals surface area contributed by atoms with E-state index in [1.165, 1.54) is 11.3 Å². The van der Waals surface area contributed by atoms with Crippen molar-refractivity contribution in [2.75, 3.05) is 16.9 Å². The van der Waals surface area contributed by atoms with Crippen molar-refractivity contribution < 1.29 is 0 Å². The Kier molecular flexibility index (Phi) is 3.53. The fourth-order valence-electron chi connectivity index (χ4n) is 0.465. The summed E-state index contributed by atoms with van der Waals surface area (Å²) in [5, 5.41) is 11.6. The van der Waals surface area contributed by atoms with Gasteiger partial charge < -0.3 is 5.32 Å². The second-order valence-corrected chi connectivity index (χ2v) is 3.67. The summed E-state index contributed by atoms with van der Waals surface area (Å²) in [4.78, 5) is 0. The van der Waals surface area contributed by atoms with E-state index in [1.807, 2.05) is 11.8 Å². The lowest BCUT2D eigenvalue weighted by molar-refractivity contribution is 1.09. The molecule has 1 rings (SSSR count). The number of aromatic nitrogens is 2. The van der Waals surface area contributed by atoms with Crippen LogP contribution in [0.15, 0.2) is 5.51 Å². The van der Waals surface area contributed by atoms with Crippen molar-refractivity contribution in [1.29, 1.82) is 0 Å². The maximum atomic E-state index is 3.83. The van der Waals surface area contributed by atoms with Gasteiger partial charge in [0.1, 0.15) is 5.51 Å².